The van der Waals surface area contributed by atoms with Crippen LogP contribution in [-0.2, 0) is 11.2 Å². The standard InChI is InChI=1S/C10H11N5O.C10H15N/c11-7-9-1-2-10(13-12-9)15-5-3-14(8-16)4-6-15;1-4-9-5-6-10(8(2)3)11-7-9/h1-2,8H,3-6H2;5-8H,4H2,1-3H3. The van der Waals surface area contributed by atoms with Crippen molar-refractivity contribution in [2.45, 2.75) is 33.1 Å². The predicted molar refractivity (Wildman–Crippen MR) is 104 cm³/mol. The lowest BCUT2D eigenvalue weighted by Crippen LogP contribution is -2.46. The number of piperazine rings is 1. The first-order chi connectivity index (χ1) is 13.1. The third kappa shape index (κ3) is 6.03. The first kappa shape index (κ1) is 20.3. The third-order valence-electron chi connectivity index (χ3n) is 4.40. The Balaban J connectivity index is 0.000000208. The summed E-state index contributed by atoms with van der Waals surface area (Å²) in [5, 5.41) is 16.3. The number of aromatic nitrogens is 3. The van der Waals surface area contributed by atoms with Crippen molar-refractivity contribution in [3.63, 3.8) is 0 Å². The van der Waals surface area contributed by atoms with Crippen molar-refractivity contribution in [2.75, 3.05) is 31.1 Å². The van der Waals surface area contributed by atoms with Crippen molar-refractivity contribution >= 4 is 12.2 Å². The number of pyridine rings is 1. The van der Waals surface area contributed by atoms with Gasteiger partial charge in [0.05, 0.1) is 0 Å². The van der Waals surface area contributed by atoms with Crippen LogP contribution in [0.3, 0.4) is 0 Å². The normalized spacial score (nSPS) is 13.6. The molecule has 0 atom stereocenters. The van der Waals surface area contributed by atoms with Gasteiger partial charge < -0.3 is 9.80 Å². The van der Waals surface area contributed by atoms with Gasteiger partial charge in [-0.2, -0.15) is 5.26 Å². The van der Waals surface area contributed by atoms with Crippen molar-refractivity contribution < 1.29 is 4.79 Å². The van der Waals surface area contributed by atoms with E-state index in [-0.39, 0.29) is 0 Å². The zero-order valence-corrected chi connectivity index (χ0v) is 16.2. The molecule has 0 aromatic carbocycles. The van der Waals surface area contributed by atoms with Crippen molar-refractivity contribution in [2.24, 2.45) is 0 Å². The van der Waals surface area contributed by atoms with E-state index >= 15 is 0 Å². The molecule has 1 saturated heterocycles. The van der Waals surface area contributed by atoms with E-state index in [1.54, 1.807) is 17.0 Å². The van der Waals surface area contributed by atoms with E-state index in [2.05, 4.69) is 48.1 Å². The van der Waals surface area contributed by atoms with E-state index in [1.165, 1.54) is 11.3 Å². The molecule has 1 aliphatic heterocycles. The highest BCUT2D eigenvalue weighted by Gasteiger charge is 2.16. The van der Waals surface area contributed by atoms with Gasteiger partial charge >= 0.3 is 0 Å². The molecule has 2 aromatic heterocycles. The molecule has 0 saturated carbocycles. The molecule has 7 nitrogen and oxygen atoms in total. The molecule has 2 aromatic rings. The predicted octanol–water partition coefficient (Wildman–Crippen LogP) is 2.39. The molecule has 1 fully saturated rings. The molecule has 142 valence electrons. The molecule has 0 radical (unpaired) electrons. The lowest BCUT2D eigenvalue weighted by Gasteiger charge is -2.32. The van der Waals surface area contributed by atoms with Crippen molar-refractivity contribution in [1.82, 2.24) is 20.1 Å². The summed E-state index contributed by atoms with van der Waals surface area (Å²) in [5.41, 5.74) is 2.81. The number of anilines is 1. The first-order valence-electron chi connectivity index (χ1n) is 9.20. The van der Waals surface area contributed by atoms with E-state index in [0.717, 1.165) is 31.7 Å². The average Bonchev–Trinajstić information content (AvgIpc) is 2.74. The monoisotopic (exact) mass is 366 g/mol. The Morgan fingerprint density at radius 1 is 1.15 bits per heavy atom. The van der Waals surface area contributed by atoms with E-state index in [1.807, 2.05) is 17.2 Å². The number of amides is 1. The fraction of sp³-hybridized carbons (Fsp3) is 0.450. The van der Waals surface area contributed by atoms with Gasteiger partial charge in [0.2, 0.25) is 6.41 Å². The van der Waals surface area contributed by atoms with Gasteiger partial charge in [-0.25, -0.2) is 0 Å². The van der Waals surface area contributed by atoms with Crippen molar-refractivity contribution in [3.05, 3.63) is 47.4 Å². The maximum Gasteiger partial charge on any atom is 0.209 e. The van der Waals surface area contributed by atoms with Crippen LogP contribution in [0.2, 0.25) is 0 Å². The second-order valence-electron chi connectivity index (χ2n) is 6.62. The van der Waals surface area contributed by atoms with Crippen LogP contribution in [0.25, 0.3) is 0 Å². The molecule has 3 heterocycles. The molecule has 0 aliphatic carbocycles. The smallest absolute Gasteiger partial charge is 0.209 e. The zero-order valence-electron chi connectivity index (χ0n) is 16.2. The van der Waals surface area contributed by atoms with Crippen LogP contribution in [-0.4, -0.2) is 52.7 Å². The number of aryl methyl sites for hydroxylation is 1. The Hall–Kier alpha value is -3.01. The molecule has 0 spiro atoms. The summed E-state index contributed by atoms with van der Waals surface area (Å²) in [5.74, 6) is 1.30. The first-order valence-corrected chi connectivity index (χ1v) is 9.20. The van der Waals surface area contributed by atoms with Gasteiger partial charge in [0.25, 0.3) is 0 Å². The minimum Gasteiger partial charge on any atom is -0.352 e. The summed E-state index contributed by atoms with van der Waals surface area (Å²) in [4.78, 5) is 18.7. The van der Waals surface area contributed by atoms with Gasteiger partial charge in [0, 0.05) is 38.1 Å². The molecule has 7 heteroatoms. The second-order valence-corrected chi connectivity index (χ2v) is 6.62. The lowest BCUT2D eigenvalue weighted by atomic mass is 10.1. The summed E-state index contributed by atoms with van der Waals surface area (Å²) in [6.07, 6.45) is 3.91. The van der Waals surface area contributed by atoms with Crippen LogP contribution < -0.4 is 4.90 Å². The van der Waals surface area contributed by atoms with E-state index in [0.29, 0.717) is 24.7 Å². The fourth-order valence-corrected chi connectivity index (χ4v) is 2.60. The van der Waals surface area contributed by atoms with Gasteiger partial charge in [0.1, 0.15) is 6.07 Å². The average molecular weight is 366 g/mol. The molecule has 1 aliphatic rings. The SMILES string of the molecule is CCc1ccc(C(C)C)nc1.N#Cc1ccc(N2CCN(C=O)CC2)nn1. The Kier molecular flexibility index (Phi) is 7.68. The van der Waals surface area contributed by atoms with Crippen LogP contribution in [0.1, 0.15) is 43.6 Å². The topological polar surface area (TPSA) is 86.0 Å². The van der Waals surface area contributed by atoms with Crippen LogP contribution >= 0.6 is 0 Å². The number of carbonyl (C=O) groups excluding carboxylic acids is 1. The van der Waals surface area contributed by atoms with Crippen LogP contribution in [0.4, 0.5) is 5.82 Å². The van der Waals surface area contributed by atoms with E-state index < -0.39 is 0 Å². The number of carbonyl (C=O) groups is 1. The van der Waals surface area contributed by atoms with Crippen molar-refractivity contribution in [3.8, 4) is 6.07 Å². The number of nitrogens with zero attached hydrogens (tertiary/aromatic N) is 6. The van der Waals surface area contributed by atoms with E-state index in [4.69, 9.17) is 5.26 Å². The highest BCUT2D eigenvalue weighted by atomic mass is 16.1. The number of nitriles is 1. The highest BCUT2D eigenvalue weighted by molar-refractivity contribution is 5.49. The van der Waals surface area contributed by atoms with Crippen LogP contribution in [0, 0.1) is 11.3 Å². The van der Waals surface area contributed by atoms with E-state index in [9.17, 15) is 4.79 Å². The lowest BCUT2D eigenvalue weighted by molar-refractivity contribution is -0.118. The summed E-state index contributed by atoms with van der Waals surface area (Å²) in [7, 11) is 0. The van der Waals surface area contributed by atoms with Gasteiger partial charge in [-0.15, -0.1) is 10.2 Å². The van der Waals surface area contributed by atoms with Crippen molar-refractivity contribution in [1.29, 1.82) is 5.26 Å². The molecule has 0 unspecified atom stereocenters. The minimum absolute atomic E-state index is 0.315. The molecule has 0 N–H and O–H groups in total. The molecule has 1 amide bonds. The van der Waals surface area contributed by atoms with Gasteiger partial charge in [-0.3, -0.25) is 9.78 Å². The Labute approximate surface area is 160 Å². The maximum atomic E-state index is 10.5. The molecule has 0 bridgehead atoms. The third-order valence-corrected chi connectivity index (χ3v) is 4.40. The summed E-state index contributed by atoms with van der Waals surface area (Å²) in [6, 6.07) is 9.62. The summed E-state index contributed by atoms with van der Waals surface area (Å²) in [6.45, 7) is 9.36. The number of hydrogen-bond donors (Lipinski definition) is 0. The Morgan fingerprint density at radius 2 is 1.89 bits per heavy atom. The summed E-state index contributed by atoms with van der Waals surface area (Å²) < 4.78 is 0. The zero-order chi connectivity index (χ0) is 19.6. The summed E-state index contributed by atoms with van der Waals surface area (Å²) >= 11 is 0. The second kappa shape index (κ2) is 10.2. The fourth-order valence-electron chi connectivity index (χ4n) is 2.60. The molecular weight excluding hydrogens is 340 g/mol. The Morgan fingerprint density at radius 3 is 2.33 bits per heavy atom. The highest BCUT2D eigenvalue weighted by Crippen LogP contribution is 2.12. The Bertz CT molecular complexity index is 744. The largest absolute Gasteiger partial charge is 0.352 e. The maximum absolute atomic E-state index is 10.5. The van der Waals surface area contributed by atoms with Gasteiger partial charge in [0.15, 0.2) is 11.5 Å². The van der Waals surface area contributed by atoms with Gasteiger partial charge in [-0.1, -0.05) is 26.8 Å². The molecule has 3 rings (SSSR count). The quantitative estimate of drug-likeness (QED) is 0.772. The minimum atomic E-state index is 0.315. The van der Waals surface area contributed by atoms with Gasteiger partial charge in [-0.05, 0) is 36.1 Å². The van der Waals surface area contributed by atoms with Crippen LogP contribution in [0.5, 0.6) is 0 Å². The number of rotatable bonds is 4. The molecular formula is C20H26N6O. The van der Waals surface area contributed by atoms with Crippen LogP contribution in [0.15, 0.2) is 30.5 Å². The molecule has 27 heavy (non-hydrogen) atoms. The number of hydrogen-bond acceptors (Lipinski definition) is 6.